The molecule has 1 aliphatic rings. The van der Waals surface area contributed by atoms with E-state index in [4.69, 9.17) is 5.11 Å². The van der Waals surface area contributed by atoms with Crippen molar-refractivity contribution >= 4 is 12.0 Å². The molecule has 0 heterocycles. The zero-order valence-electron chi connectivity index (χ0n) is 12.6. The third-order valence-electron chi connectivity index (χ3n) is 4.19. The number of hydrogen-bond donors (Lipinski definition) is 3. The number of aliphatic hydroxyl groups excluding tert-OH is 1. The Balaban J connectivity index is 2.81. The van der Waals surface area contributed by atoms with Gasteiger partial charge in [0.25, 0.3) is 0 Å². The van der Waals surface area contributed by atoms with E-state index in [0.717, 1.165) is 25.7 Å². The second-order valence-electron chi connectivity index (χ2n) is 5.60. The number of carbonyl (C=O) groups is 2. The number of nitrogens with one attached hydrogen (secondary N) is 1. The molecule has 6 nitrogen and oxygen atoms in total. The number of hydrogen-bond acceptors (Lipinski definition) is 3. The van der Waals surface area contributed by atoms with E-state index in [0.29, 0.717) is 0 Å². The fourth-order valence-corrected chi connectivity index (χ4v) is 2.57. The van der Waals surface area contributed by atoms with Gasteiger partial charge in [-0.05, 0) is 38.5 Å². The van der Waals surface area contributed by atoms with Gasteiger partial charge in [-0.1, -0.05) is 13.8 Å². The molecule has 6 heteroatoms. The molecule has 1 unspecified atom stereocenters. The van der Waals surface area contributed by atoms with Crippen molar-refractivity contribution in [3.63, 3.8) is 0 Å². The van der Waals surface area contributed by atoms with Gasteiger partial charge in [0.15, 0.2) is 0 Å². The molecule has 116 valence electrons. The van der Waals surface area contributed by atoms with Crippen molar-refractivity contribution in [2.24, 2.45) is 5.92 Å². The van der Waals surface area contributed by atoms with E-state index < -0.39 is 17.5 Å². The zero-order chi connectivity index (χ0) is 15.3. The molecule has 1 atom stereocenters. The van der Waals surface area contributed by atoms with E-state index in [1.165, 1.54) is 0 Å². The van der Waals surface area contributed by atoms with Gasteiger partial charge in [0.05, 0.1) is 6.61 Å². The molecule has 20 heavy (non-hydrogen) atoms. The first-order chi connectivity index (χ1) is 9.40. The van der Waals surface area contributed by atoms with Gasteiger partial charge in [-0.25, -0.2) is 9.59 Å². The minimum atomic E-state index is -1.21. The lowest BCUT2D eigenvalue weighted by Crippen LogP contribution is -2.59. The lowest BCUT2D eigenvalue weighted by Gasteiger charge is -2.34. The molecule has 0 aromatic carbocycles. The minimum Gasteiger partial charge on any atom is -0.480 e. The van der Waals surface area contributed by atoms with Crippen LogP contribution in [0.2, 0.25) is 0 Å². The average Bonchev–Trinajstić information content (AvgIpc) is 3.23. The van der Waals surface area contributed by atoms with Crippen LogP contribution in [-0.2, 0) is 4.79 Å². The molecular formula is C14H26N2O4. The Morgan fingerprint density at radius 3 is 2.25 bits per heavy atom. The van der Waals surface area contributed by atoms with Crippen molar-refractivity contribution in [1.82, 2.24) is 10.2 Å². The molecule has 1 rings (SSSR count). The number of aliphatic hydroxyl groups is 1. The van der Waals surface area contributed by atoms with E-state index in [-0.39, 0.29) is 25.1 Å². The average molecular weight is 286 g/mol. The van der Waals surface area contributed by atoms with Crippen LogP contribution in [0.25, 0.3) is 0 Å². The van der Waals surface area contributed by atoms with Gasteiger partial charge in [0, 0.05) is 12.6 Å². The fourth-order valence-electron chi connectivity index (χ4n) is 2.57. The molecule has 2 amide bonds. The molecule has 0 saturated heterocycles. The first-order valence-electron chi connectivity index (χ1n) is 7.33. The standard InChI is InChI=1S/C14H26N2O4/c1-4-11(5-2)16(8-9-17)13(20)15-14(3,12(18)19)10-6-7-10/h10-11,17H,4-9H2,1-3H3,(H,15,20)(H,18,19). The van der Waals surface area contributed by atoms with Crippen LogP contribution in [0.1, 0.15) is 46.5 Å². The summed E-state index contributed by atoms with van der Waals surface area (Å²) in [6.45, 7) is 5.61. The topological polar surface area (TPSA) is 89.9 Å². The van der Waals surface area contributed by atoms with E-state index in [1.807, 2.05) is 13.8 Å². The Labute approximate surface area is 120 Å². The van der Waals surface area contributed by atoms with Gasteiger partial charge in [-0.15, -0.1) is 0 Å². The summed E-state index contributed by atoms with van der Waals surface area (Å²) in [6, 6.07) is -0.385. The molecule has 0 radical (unpaired) electrons. The number of carboxylic acids is 1. The van der Waals surface area contributed by atoms with E-state index in [9.17, 15) is 14.7 Å². The third kappa shape index (κ3) is 3.62. The number of carboxylic acid groups (broad SMARTS) is 1. The molecule has 1 aliphatic carbocycles. The van der Waals surface area contributed by atoms with Gasteiger partial charge in [0.1, 0.15) is 5.54 Å². The molecule has 1 saturated carbocycles. The molecular weight excluding hydrogens is 260 g/mol. The smallest absolute Gasteiger partial charge is 0.329 e. The summed E-state index contributed by atoms with van der Waals surface area (Å²) in [4.78, 5) is 25.4. The number of amides is 2. The van der Waals surface area contributed by atoms with Crippen LogP contribution in [0.4, 0.5) is 4.79 Å². The highest BCUT2D eigenvalue weighted by Crippen LogP contribution is 2.39. The van der Waals surface area contributed by atoms with E-state index in [1.54, 1.807) is 11.8 Å². The summed E-state index contributed by atoms with van der Waals surface area (Å²) in [5, 5.41) is 21.2. The summed E-state index contributed by atoms with van der Waals surface area (Å²) in [5.41, 5.74) is -1.21. The second kappa shape index (κ2) is 6.92. The number of nitrogens with zero attached hydrogens (tertiary/aromatic N) is 1. The van der Waals surface area contributed by atoms with Gasteiger partial charge >= 0.3 is 12.0 Å². The second-order valence-corrected chi connectivity index (χ2v) is 5.60. The highest BCUT2D eigenvalue weighted by Gasteiger charge is 2.49. The molecule has 0 bridgehead atoms. The Morgan fingerprint density at radius 2 is 1.90 bits per heavy atom. The molecule has 0 aromatic rings. The van der Waals surface area contributed by atoms with Crippen molar-refractivity contribution in [2.75, 3.05) is 13.2 Å². The quantitative estimate of drug-likeness (QED) is 0.629. The van der Waals surface area contributed by atoms with Crippen LogP contribution >= 0.6 is 0 Å². The number of carbonyl (C=O) groups excluding carboxylic acids is 1. The summed E-state index contributed by atoms with van der Waals surface area (Å²) < 4.78 is 0. The van der Waals surface area contributed by atoms with E-state index in [2.05, 4.69) is 5.32 Å². The van der Waals surface area contributed by atoms with Crippen LogP contribution in [0, 0.1) is 5.92 Å². The summed E-state index contributed by atoms with van der Waals surface area (Å²) in [7, 11) is 0. The Bertz CT molecular complexity index is 353. The van der Waals surface area contributed by atoms with Gasteiger partial charge in [-0.2, -0.15) is 0 Å². The van der Waals surface area contributed by atoms with Crippen LogP contribution in [-0.4, -0.2) is 51.8 Å². The Morgan fingerprint density at radius 1 is 1.35 bits per heavy atom. The van der Waals surface area contributed by atoms with Crippen molar-refractivity contribution in [3.05, 3.63) is 0 Å². The SMILES string of the molecule is CCC(CC)N(CCO)C(=O)NC(C)(C(=O)O)C1CC1. The first-order valence-corrected chi connectivity index (χ1v) is 7.33. The zero-order valence-corrected chi connectivity index (χ0v) is 12.6. The van der Waals surface area contributed by atoms with Gasteiger partial charge in [0.2, 0.25) is 0 Å². The molecule has 0 spiro atoms. The fraction of sp³-hybridized carbons (Fsp3) is 0.857. The first kappa shape index (κ1) is 16.8. The van der Waals surface area contributed by atoms with Crippen LogP contribution in [0.15, 0.2) is 0 Å². The van der Waals surface area contributed by atoms with Crippen LogP contribution < -0.4 is 5.32 Å². The maximum Gasteiger partial charge on any atom is 0.329 e. The van der Waals surface area contributed by atoms with Crippen molar-refractivity contribution < 1.29 is 19.8 Å². The van der Waals surface area contributed by atoms with Crippen LogP contribution in [0.5, 0.6) is 0 Å². The van der Waals surface area contributed by atoms with Crippen molar-refractivity contribution in [3.8, 4) is 0 Å². The number of rotatable bonds is 8. The lowest BCUT2D eigenvalue weighted by atomic mass is 9.96. The predicted octanol–water partition coefficient (Wildman–Crippen LogP) is 1.43. The molecule has 1 fully saturated rings. The predicted molar refractivity (Wildman–Crippen MR) is 75.5 cm³/mol. The highest BCUT2D eigenvalue weighted by atomic mass is 16.4. The van der Waals surface area contributed by atoms with Crippen molar-refractivity contribution in [1.29, 1.82) is 0 Å². The van der Waals surface area contributed by atoms with Gasteiger partial charge in [-0.3, -0.25) is 0 Å². The third-order valence-corrected chi connectivity index (χ3v) is 4.19. The van der Waals surface area contributed by atoms with Crippen LogP contribution in [0.3, 0.4) is 0 Å². The highest BCUT2D eigenvalue weighted by molar-refractivity contribution is 5.86. The summed E-state index contributed by atoms with van der Waals surface area (Å²) in [5.74, 6) is -0.997. The normalized spacial score (nSPS) is 17.6. The number of urea groups is 1. The molecule has 0 aromatic heterocycles. The maximum absolute atomic E-state index is 12.4. The van der Waals surface area contributed by atoms with E-state index >= 15 is 0 Å². The van der Waals surface area contributed by atoms with Gasteiger partial charge < -0.3 is 20.4 Å². The maximum atomic E-state index is 12.4. The summed E-state index contributed by atoms with van der Waals surface area (Å²) in [6.07, 6.45) is 3.20. The minimum absolute atomic E-state index is 0.00151. The molecule has 0 aliphatic heterocycles. The largest absolute Gasteiger partial charge is 0.480 e. The Hall–Kier alpha value is -1.30. The molecule has 3 N–H and O–H groups in total. The number of aliphatic carboxylic acids is 1. The monoisotopic (exact) mass is 286 g/mol. The summed E-state index contributed by atoms with van der Waals surface area (Å²) >= 11 is 0. The van der Waals surface area contributed by atoms with Crippen molar-refractivity contribution in [2.45, 2.75) is 58.0 Å². The lowest BCUT2D eigenvalue weighted by molar-refractivity contribution is -0.144. The Kier molecular flexibility index (Phi) is 5.80.